The minimum atomic E-state index is -0.0761. The molecule has 0 aromatic carbocycles. The quantitative estimate of drug-likeness (QED) is 0.873. The van der Waals surface area contributed by atoms with Gasteiger partial charge in [0.25, 0.3) is 5.56 Å². The molecule has 0 radical (unpaired) electrons. The molecule has 0 aliphatic carbocycles. The van der Waals surface area contributed by atoms with Crippen LogP contribution in [-0.2, 0) is 13.0 Å². The molecule has 1 N–H and O–H groups in total. The lowest BCUT2D eigenvalue weighted by Crippen LogP contribution is -2.24. The molecule has 0 fully saturated rings. The monoisotopic (exact) mass is 272 g/mol. The summed E-state index contributed by atoms with van der Waals surface area (Å²) in [7, 11) is 0. The maximum Gasteiger partial charge on any atom is 0.268 e. The molecule has 2 rings (SSSR count). The van der Waals surface area contributed by atoms with E-state index in [2.05, 4.69) is 29.2 Å². The van der Waals surface area contributed by atoms with Crippen LogP contribution in [-0.4, -0.2) is 21.3 Å². The van der Waals surface area contributed by atoms with Gasteiger partial charge in [0.15, 0.2) is 0 Å². The van der Waals surface area contributed by atoms with Gasteiger partial charge in [-0.2, -0.15) is 5.10 Å². The van der Waals surface area contributed by atoms with Crippen LogP contribution in [0.25, 0.3) is 0 Å². The van der Waals surface area contributed by atoms with E-state index < -0.39 is 0 Å². The van der Waals surface area contributed by atoms with Crippen molar-refractivity contribution in [2.75, 3.05) is 11.9 Å². The van der Waals surface area contributed by atoms with Gasteiger partial charge < -0.3 is 5.32 Å². The zero-order valence-electron chi connectivity index (χ0n) is 11.9. The summed E-state index contributed by atoms with van der Waals surface area (Å²) < 4.78 is 1.49. The molecule has 106 valence electrons. The summed E-state index contributed by atoms with van der Waals surface area (Å²) in [6.45, 7) is 5.65. The highest BCUT2D eigenvalue weighted by atomic mass is 16.1. The van der Waals surface area contributed by atoms with E-state index in [-0.39, 0.29) is 5.56 Å². The van der Waals surface area contributed by atoms with E-state index in [1.165, 1.54) is 4.68 Å². The Morgan fingerprint density at radius 1 is 1.30 bits per heavy atom. The molecular formula is C15H20N4O. The molecule has 0 amide bonds. The number of anilines is 1. The van der Waals surface area contributed by atoms with Crippen molar-refractivity contribution in [2.24, 2.45) is 5.92 Å². The first-order valence-electron chi connectivity index (χ1n) is 6.85. The van der Waals surface area contributed by atoms with Crippen molar-refractivity contribution in [3.8, 4) is 0 Å². The highest BCUT2D eigenvalue weighted by molar-refractivity contribution is 5.38. The van der Waals surface area contributed by atoms with Gasteiger partial charge in [-0.05, 0) is 30.0 Å². The van der Waals surface area contributed by atoms with E-state index in [0.29, 0.717) is 12.5 Å². The highest BCUT2D eigenvalue weighted by Gasteiger charge is 2.01. The Kier molecular flexibility index (Phi) is 4.87. The molecule has 2 aromatic rings. The lowest BCUT2D eigenvalue weighted by molar-refractivity contribution is 0.577. The van der Waals surface area contributed by atoms with E-state index in [0.717, 1.165) is 24.2 Å². The Morgan fingerprint density at radius 3 is 2.70 bits per heavy atom. The van der Waals surface area contributed by atoms with E-state index in [4.69, 9.17) is 0 Å². The smallest absolute Gasteiger partial charge is 0.268 e. The van der Waals surface area contributed by atoms with Crippen molar-refractivity contribution < 1.29 is 0 Å². The average Bonchev–Trinajstić information content (AvgIpc) is 2.45. The first kappa shape index (κ1) is 14.2. The van der Waals surface area contributed by atoms with Gasteiger partial charge in [-0.15, -0.1) is 0 Å². The van der Waals surface area contributed by atoms with Gasteiger partial charge in [0, 0.05) is 31.5 Å². The molecule has 0 atom stereocenters. The summed E-state index contributed by atoms with van der Waals surface area (Å²) in [5.41, 5.74) is 1.85. The van der Waals surface area contributed by atoms with Gasteiger partial charge in [-0.25, -0.2) is 4.68 Å². The number of nitrogens with one attached hydrogen (secondary N) is 1. The maximum atomic E-state index is 12.0. The molecule has 5 nitrogen and oxygen atoms in total. The number of nitrogens with zero attached hydrogens (tertiary/aromatic N) is 3. The maximum absolute atomic E-state index is 12.0. The minimum Gasteiger partial charge on any atom is -0.383 e. The molecule has 20 heavy (non-hydrogen) atoms. The fourth-order valence-electron chi connectivity index (χ4n) is 1.80. The van der Waals surface area contributed by atoms with Crippen LogP contribution in [0.15, 0.2) is 41.6 Å². The van der Waals surface area contributed by atoms with Gasteiger partial charge in [-0.1, -0.05) is 13.8 Å². The fourth-order valence-corrected chi connectivity index (χ4v) is 1.80. The molecule has 5 heteroatoms. The van der Waals surface area contributed by atoms with Crippen LogP contribution in [0.1, 0.15) is 19.4 Å². The number of hydrogen-bond donors (Lipinski definition) is 1. The summed E-state index contributed by atoms with van der Waals surface area (Å²) >= 11 is 0. The third kappa shape index (κ3) is 4.19. The Morgan fingerprint density at radius 2 is 2.05 bits per heavy atom. The number of pyridine rings is 1. The Labute approximate surface area is 118 Å². The van der Waals surface area contributed by atoms with Crippen molar-refractivity contribution in [1.82, 2.24) is 14.8 Å². The van der Waals surface area contributed by atoms with Crippen LogP contribution in [0.2, 0.25) is 0 Å². The minimum absolute atomic E-state index is 0.0761. The largest absolute Gasteiger partial charge is 0.383 e. The molecule has 2 heterocycles. The Hall–Kier alpha value is -2.17. The summed E-state index contributed by atoms with van der Waals surface area (Å²) in [5.74, 6) is 0.532. The van der Waals surface area contributed by atoms with E-state index in [1.807, 2.05) is 12.1 Å². The molecule has 0 unspecified atom stereocenters. The Balaban J connectivity index is 1.97. The third-order valence-corrected chi connectivity index (χ3v) is 2.95. The van der Waals surface area contributed by atoms with Crippen LogP contribution in [0.3, 0.4) is 0 Å². The lowest BCUT2D eigenvalue weighted by atomic mass is 10.2. The van der Waals surface area contributed by atoms with Gasteiger partial charge in [-0.3, -0.25) is 9.78 Å². The SMILES string of the molecule is CC(C)CNc1cnn(CCc2ccncc2)c(=O)c1. The lowest BCUT2D eigenvalue weighted by Gasteiger charge is -2.09. The summed E-state index contributed by atoms with van der Waals surface area (Å²) in [6, 6.07) is 5.50. The number of hydrogen-bond acceptors (Lipinski definition) is 4. The molecule has 0 saturated carbocycles. The molecule has 0 bridgehead atoms. The molecule has 0 aliphatic heterocycles. The highest BCUT2D eigenvalue weighted by Crippen LogP contribution is 2.03. The number of aryl methyl sites for hydroxylation is 2. The van der Waals surface area contributed by atoms with Crippen LogP contribution in [0, 0.1) is 5.92 Å². The van der Waals surface area contributed by atoms with Gasteiger partial charge in [0.05, 0.1) is 11.9 Å². The molecule has 0 spiro atoms. The zero-order chi connectivity index (χ0) is 14.4. The molecular weight excluding hydrogens is 252 g/mol. The summed E-state index contributed by atoms with van der Waals surface area (Å²) in [4.78, 5) is 15.9. The van der Waals surface area contributed by atoms with Crippen molar-refractivity contribution in [1.29, 1.82) is 0 Å². The average molecular weight is 272 g/mol. The normalized spacial score (nSPS) is 10.8. The Bertz CT molecular complexity index is 592. The van der Waals surface area contributed by atoms with Crippen LogP contribution >= 0.6 is 0 Å². The van der Waals surface area contributed by atoms with Crippen LogP contribution in [0.4, 0.5) is 5.69 Å². The summed E-state index contributed by atoms with van der Waals surface area (Å²) in [5, 5.41) is 7.40. The second-order valence-corrected chi connectivity index (χ2v) is 5.19. The van der Waals surface area contributed by atoms with Gasteiger partial charge in [0.1, 0.15) is 0 Å². The summed E-state index contributed by atoms with van der Waals surface area (Å²) in [6.07, 6.45) is 5.99. The van der Waals surface area contributed by atoms with Crippen LogP contribution < -0.4 is 10.9 Å². The van der Waals surface area contributed by atoms with Gasteiger partial charge >= 0.3 is 0 Å². The van der Waals surface area contributed by atoms with E-state index in [1.54, 1.807) is 24.7 Å². The topological polar surface area (TPSA) is 59.8 Å². The van der Waals surface area contributed by atoms with Crippen molar-refractivity contribution >= 4 is 5.69 Å². The molecule has 2 aromatic heterocycles. The first-order valence-corrected chi connectivity index (χ1v) is 6.85. The first-order chi connectivity index (χ1) is 9.65. The number of rotatable bonds is 6. The molecule has 0 saturated heterocycles. The van der Waals surface area contributed by atoms with Crippen LogP contribution in [0.5, 0.6) is 0 Å². The van der Waals surface area contributed by atoms with Crippen molar-refractivity contribution in [3.63, 3.8) is 0 Å². The fraction of sp³-hybridized carbons (Fsp3) is 0.400. The second-order valence-electron chi connectivity index (χ2n) is 5.19. The second kappa shape index (κ2) is 6.84. The van der Waals surface area contributed by atoms with E-state index >= 15 is 0 Å². The predicted octanol–water partition coefficient (Wildman–Crippen LogP) is 1.95. The predicted molar refractivity (Wildman–Crippen MR) is 79.8 cm³/mol. The number of aromatic nitrogens is 3. The van der Waals surface area contributed by atoms with Crippen molar-refractivity contribution in [3.05, 3.63) is 52.7 Å². The standard InChI is InChI=1S/C15H20N4O/c1-12(2)10-17-14-9-15(20)19(18-11-14)8-5-13-3-6-16-7-4-13/h3-4,6-7,9,11-12,17H,5,8,10H2,1-2H3. The molecule has 0 aliphatic rings. The van der Waals surface area contributed by atoms with E-state index in [9.17, 15) is 4.79 Å². The van der Waals surface area contributed by atoms with Crippen molar-refractivity contribution in [2.45, 2.75) is 26.8 Å². The van der Waals surface area contributed by atoms with Gasteiger partial charge in [0.2, 0.25) is 0 Å². The zero-order valence-corrected chi connectivity index (χ0v) is 11.9. The third-order valence-electron chi connectivity index (χ3n) is 2.95.